The Balaban J connectivity index is 2.17. The molecule has 0 amide bonds. The Hall–Kier alpha value is -1.38. The first kappa shape index (κ1) is 16.0. The second kappa shape index (κ2) is 6.59. The van der Waals surface area contributed by atoms with Gasteiger partial charge in [0, 0.05) is 25.1 Å². The normalized spacial score (nSPS) is 11.7. The molecule has 114 valence electrons. The number of alkyl halides is 3. The summed E-state index contributed by atoms with van der Waals surface area (Å²) in [6.45, 7) is 0.445. The van der Waals surface area contributed by atoms with Gasteiger partial charge in [0.2, 0.25) is 0 Å². The average Bonchev–Trinajstić information content (AvgIpc) is 2.85. The Morgan fingerprint density at radius 1 is 1.33 bits per heavy atom. The zero-order valence-electron chi connectivity index (χ0n) is 10.8. The fourth-order valence-corrected chi connectivity index (χ4v) is 2.17. The molecule has 4 nitrogen and oxygen atoms in total. The highest BCUT2D eigenvalue weighted by molar-refractivity contribution is 7.07. The molecule has 0 radical (unpaired) electrons. The lowest BCUT2D eigenvalue weighted by Gasteiger charge is -2.09. The third-order valence-electron chi connectivity index (χ3n) is 2.44. The molecule has 1 aromatic heterocycles. The SMILES string of the molecule is COCCc1nsc(Oc2cc(C(F)(F)F)ccc2Cl)n1. The first-order valence-electron chi connectivity index (χ1n) is 5.76. The molecule has 0 saturated carbocycles. The van der Waals surface area contributed by atoms with Crippen molar-refractivity contribution in [2.75, 3.05) is 13.7 Å². The van der Waals surface area contributed by atoms with Crippen molar-refractivity contribution in [2.24, 2.45) is 0 Å². The third kappa shape index (κ3) is 4.29. The summed E-state index contributed by atoms with van der Waals surface area (Å²) < 4.78 is 52.1. The molecule has 2 rings (SSSR count). The lowest BCUT2D eigenvalue weighted by Crippen LogP contribution is -2.04. The standard InChI is InChI=1S/C12H10ClF3N2O2S/c1-19-5-4-10-17-11(21-18-10)20-9-6-7(12(14,15)16)2-3-8(9)13/h2-3,6H,4-5H2,1H3. The fraction of sp³-hybridized carbons (Fsp3) is 0.333. The summed E-state index contributed by atoms with van der Waals surface area (Å²) in [5.74, 6) is 0.390. The first-order chi connectivity index (χ1) is 9.90. The number of rotatable bonds is 5. The van der Waals surface area contributed by atoms with Gasteiger partial charge >= 0.3 is 6.18 Å². The van der Waals surface area contributed by atoms with Crippen LogP contribution in [-0.2, 0) is 17.3 Å². The largest absolute Gasteiger partial charge is 0.428 e. The van der Waals surface area contributed by atoms with Gasteiger partial charge < -0.3 is 9.47 Å². The van der Waals surface area contributed by atoms with Crippen LogP contribution in [0.25, 0.3) is 0 Å². The highest BCUT2D eigenvalue weighted by atomic mass is 35.5. The van der Waals surface area contributed by atoms with Gasteiger partial charge in [-0.3, -0.25) is 0 Å². The Kier molecular flexibility index (Phi) is 5.02. The van der Waals surface area contributed by atoms with Crippen molar-refractivity contribution in [3.8, 4) is 10.9 Å². The zero-order valence-corrected chi connectivity index (χ0v) is 12.3. The van der Waals surface area contributed by atoms with Crippen LogP contribution in [0.5, 0.6) is 10.9 Å². The van der Waals surface area contributed by atoms with E-state index in [9.17, 15) is 13.2 Å². The van der Waals surface area contributed by atoms with Crippen LogP contribution in [0.1, 0.15) is 11.4 Å². The number of halogens is 4. The number of aromatic nitrogens is 2. The Bertz CT molecular complexity index is 619. The van der Waals surface area contributed by atoms with Gasteiger partial charge in [-0.05, 0) is 18.2 Å². The molecule has 1 heterocycles. The van der Waals surface area contributed by atoms with Crippen molar-refractivity contribution in [1.29, 1.82) is 0 Å². The van der Waals surface area contributed by atoms with Gasteiger partial charge in [0.05, 0.1) is 17.2 Å². The lowest BCUT2D eigenvalue weighted by molar-refractivity contribution is -0.137. The maximum absolute atomic E-state index is 12.6. The second-order valence-corrected chi connectivity index (χ2v) is 5.09. The van der Waals surface area contributed by atoms with Crippen LogP contribution in [-0.4, -0.2) is 23.1 Å². The van der Waals surface area contributed by atoms with Crippen molar-refractivity contribution in [3.05, 3.63) is 34.6 Å². The molecule has 0 bridgehead atoms. The minimum absolute atomic E-state index is 0.0663. The fourth-order valence-electron chi connectivity index (χ4n) is 1.43. The van der Waals surface area contributed by atoms with E-state index in [0.717, 1.165) is 29.7 Å². The molecule has 0 spiro atoms. The molecule has 21 heavy (non-hydrogen) atoms. The molecule has 0 aliphatic carbocycles. The summed E-state index contributed by atoms with van der Waals surface area (Å²) >= 11 is 6.77. The van der Waals surface area contributed by atoms with Crippen molar-refractivity contribution in [3.63, 3.8) is 0 Å². The topological polar surface area (TPSA) is 44.2 Å². The van der Waals surface area contributed by atoms with E-state index in [4.69, 9.17) is 21.1 Å². The molecule has 2 aromatic rings. The van der Waals surface area contributed by atoms with Gasteiger partial charge in [-0.15, -0.1) is 0 Å². The highest BCUT2D eigenvalue weighted by Gasteiger charge is 2.31. The summed E-state index contributed by atoms with van der Waals surface area (Å²) in [5, 5.41) is 0.193. The van der Waals surface area contributed by atoms with E-state index in [1.807, 2.05) is 0 Å². The molecule has 9 heteroatoms. The van der Waals surface area contributed by atoms with Crippen molar-refractivity contribution < 1.29 is 22.6 Å². The summed E-state index contributed by atoms with van der Waals surface area (Å²) in [6, 6.07) is 2.85. The molecular formula is C12H10ClF3N2O2S. The van der Waals surface area contributed by atoms with Crippen LogP contribution in [0.2, 0.25) is 5.02 Å². The molecule has 0 atom stereocenters. The number of nitrogens with zero attached hydrogens (tertiary/aromatic N) is 2. The number of methoxy groups -OCH3 is 1. The van der Waals surface area contributed by atoms with E-state index in [1.165, 1.54) is 0 Å². The van der Waals surface area contributed by atoms with Crippen molar-refractivity contribution in [1.82, 2.24) is 9.36 Å². The summed E-state index contributed by atoms with van der Waals surface area (Å²) in [4.78, 5) is 4.04. The summed E-state index contributed by atoms with van der Waals surface area (Å²) in [7, 11) is 1.55. The van der Waals surface area contributed by atoms with Gasteiger partial charge in [0.1, 0.15) is 11.6 Å². The van der Waals surface area contributed by atoms with E-state index in [-0.39, 0.29) is 16.0 Å². The predicted octanol–water partition coefficient (Wildman–Crippen LogP) is 4.19. The summed E-state index contributed by atoms with van der Waals surface area (Å²) in [5.41, 5.74) is -0.842. The van der Waals surface area contributed by atoms with Gasteiger partial charge in [-0.25, -0.2) is 0 Å². The number of hydrogen-bond acceptors (Lipinski definition) is 5. The molecule has 0 fully saturated rings. The van der Waals surface area contributed by atoms with E-state index in [1.54, 1.807) is 7.11 Å². The Morgan fingerprint density at radius 2 is 2.10 bits per heavy atom. The highest BCUT2D eigenvalue weighted by Crippen LogP contribution is 2.37. The third-order valence-corrected chi connectivity index (χ3v) is 3.38. The van der Waals surface area contributed by atoms with Crippen LogP contribution in [0.3, 0.4) is 0 Å². The van der Waals surface area contributed by atoms with Gasteiger partial charge in [-0.2, -0.15) is 22.5 Å². The molecule has 0 unspecified atom stereocenters. The lowest BCUT2D eigenvalue weighted by atomic mass is 10.2. The molecule has 0 aliphatic heterocycles. The Morgan fingerprint density at radius 3 is 2.76 bits per heavy atom. The van der Waals surface area contributed by atoms with Gasteiger partial charge in [0.25, 0.3) is 5.19 Å². The predicted molar refractivity (Wildman–Crippen MR) is 72.0 cm³/mol. The van der Waals surface area contributed by atoms with E-state index in [0.29, 0.717) is 18.9 Å². The number of hydrogen-bond donors (Lipinski definition) is 0. The van der Waals surface area contributed by atoms with Crippen molar-refractivity contribution >= 4 is 23.1 Å². The molecule has 1 aromatic carbocycles. The van der Waals surface area contributed by atoms with E-state index < -0.39 is 11.7 Å². The average molecular weight is 339 g/mol. The Labute approximate surface area is 127 Å². The minimum Gasteiger partial charge on any atom is -0.428 e. The van der Waals surface area contributed by atoms with Gasteiger partial charge in [-0.1, -0.05) is 11.6 Å². The molecule has 0 aliphatic rings. The maximum atomic E-state index is 12.6. The van der Waals surface area contributed by atoms with Crippen LogP contribution in [0.4, 0.5) is 13.2 Å². The second-order valence-electron chi connectivity index (χ2n) is 3.96. The van der Waals surface area contributed by atoms with Gasteiger partial charge in [0.15, 0.2) is 0 Å². The number of ether oxygens (including phenoxy) is 2. The zero-order chi connectivity index (χ0) is 15.5. The van der Waals surface area contributed by atoms with E-state index in [2.05, 4.69) is 9.36 Å². The van der Waals surface area contributed by atoms with E-state index >= 15 is 0 Å². The minimum atomic E-state index is -4.46. The maximum Gasteiger partial charge on any atom is 0.416 e. The number of benzene rings is 1. The van der Waals surface area contributed by atoms with Crippen LogP contribution >= 0.6 is 23.1 Å². The van der Waals surface area contributed by atoms with Crippen LogP contribution in [0, 0.1) is 0 Å². The monoisotopic (exact) mass is 338 g/mol. The van der Waals surface area contributed by atoms with Crippen LogP contribution < -0.4 is 4.74 Å². The summed E-state index contributed by atoms with van der Waals surface area (Å²) in [6.07, 6.45) is -3.97. The smallest absolute Gasteiger partial charge is 0.416 e. The van der Waals surface area contributed by atoms with Crippen molar-refractivity contribution in [2.45, 2.75) is 12.6 Å². The molecular weight excluding hydrogens is 329 g/mol. The molecule has 0 saturated heterocycles. The quantitative estimate of drug-likeness (QED) is 0.820. The first-order valence-corrected chi connectivity index (χ1v) is 6.91. The van der Waals surface area contributed by atoms with Crippen LogP contribution in [0.15, 0.2) is 18.2 Å². The molecule has 0 N–H and O–H groups in total.